The average molecular weight is 406 g/mol. The highest BCUT2D eigenvalue weighted by molar-refractivity contribution is 5.94. The standard InChI is InChI=1S/C22H25F3N2O2/c23-17-2-1-16(18(24)19(17)25)20(28)26-3-5-27(6-4-26)21(29)22-10-13-7-14(11-22)9-15(8-13)12-22/h1-2,13-15H,3-12H2. The molecule has 1 aromatic rings. The maximum atomic E-state index is 14.0. The van der Waals surface area contributed by atoms with Crippen LogP contribution in [0.3, 0.4) is 0 Å². The lowest BCUT2D eigenvalue weighted by molar-refractivity contribution is -0.159. The zero-order valence-corrected chi connectivity index (χ0v) is 16.3. The molecule has 4 nitrogen and oxygen atoms in total. The van der Waals surface area contributed by atoms with E-state index >= 15 is 0 Å². The molecule has 1 aromatic carbocycles. The first kappa shape index (κ1) is 18.9. The summed E-state index contributed by atoms with van der Waals surface area (Å²) >= 11 is 0. The molecule has 0 radical (unpaired) electrons. The van der Waals surface area contributed by atoms with Crippen LogP contribution in [0.5, 0.6) is 0 Å². The first-order valence-corrected chi connectivity index (χ1v) is 10.6. The molecule has 1 saturated heterocycles. The van der Waals surface area contributed by atoms with Crippen molar-refractivity contribution in [2.24, 2.45) is 23.2 Å². The second-order valence-corrected chi connectivity index (χ2v) is 9.51. The number of hydrogen-bond acceptors (Lipinski definition) is 2. The Labute approximate surface area is 168 Å². The first-order chi connectivity index (χ1) is 13.9. The Morgan fingerprint density at radius 1 is 0.793 bits per heavy atom. The molecule has 2 amide bonds. The summed E-state index contributed by atoms with van der Waals surface area (Å²) in [6.45, 7) is 1.35. The van der Waals surface area contributed by atoms with Crippen LogP contribution in [0, 0.1) is 40.6 Å². The second kappa shape index (κ2) is 6.74. The Balaban J connectivity index is 1.26. The molecule has 0 spiro atoms. The minimum Gasteiger partial charge on any atom is -0.339 e. The summed E-state index contributed by atoms with van der Waals surface area (Å²) in [6, 6.07) is 1.74. The number of halogens is 3. The molecule has 4 aliphatic carbocycles. The molecule has 4 bridgehead atoms. The molecule has 0 N–H and O–H groups in total. The number of amides is 2. The SMILES string of the molecule is O=C(c1ccc(F)c(F)c1F)N1CCN(C(=O)C23CC4CC(CC(C4)C2)C3)CC1. The van der Waals surface area contributed by atoms with E-state index in [9.17, 15) is 22.8 Å². The van der Waals surface area contributed by atoms with Gasteiger partial charge in [0.15, 0.2) is 17.5 Å². The van der Waals surface area contributed by atoms with Gasteiger partial charge in [-0.15, -0.1) is 0 Å². The summed E-state index contributed by atoms with van der Waals surface area (Å²) in [6.07, 6.45) is 6.81. The van der Waals surface area contributed by atoms with Crippen LogP contribution in [0.2, 0.25) is 0 Å². The van der Waals surface area contributed by atoms with Crippen LogP contribution in [0.4, 0.5) is 13.2 Å². The first-order valence-electron chi connectivity index (χ1n) is 10.6. The zero-order chi connectivity index (χ0) is 20.3. The van der Waals surface area contributed by atoms with Crippen molar-refractivity contribution < 1.29 is 22.8 Å². The van der Waals surface area contributed by atoms with Crippen LogP contribution in [-0.2, 0) is 4.79 Å². The van der Waals surface area contributed by atoms with E-state index in [4.69, 9.17) is 0 Å². The van der Waals surface area contributed by atoms with E-state index in [-0.39, 0.29) is 24.4 Å². The molecule has 156 valence electrons. The third-order valence-electron chi connectivity index (χ3n) is 7.61. The van der Waals surface area contributed by atoms with Gasteiger partial charge in [-0.1, -0.05) is 0 Å². The summed E-state index contributed by atoms with van der Waals surface area (Å²) in [4.78, 5) is 29.3. The summed E-state index contributed by atoms with van der Waals surface area (Å²) < 4.78 is 40.6. The molecule has 5 fully saturated rings. The Morgan fingerprint density at radius 2 is 1.31 bits per heavy atom. The van der Waals surface area contributed by atoms with E-state index in [1.54, 1.807) is 0 Å². The van der Waals surface area contributed by atoms with E-state index in [1.165, 1.54) is 24.2 Å². The molecule has 0 aromatic heterocycles. The summed E-state index contributed by atoms with van der Waals surface area (Å²) in [5, 5.41) is 0. The van der Waals surface area contributed by atoms with Gasteiger partial charge in [-0.25, -0.2) is 13.2 Å². The fourth-order valence-electron chi connectivity index (χ4n) is 6.68. The largest absolute Gasteiger partial charge is 0.339 e. The van der Waals surface area contributed by atoms with Crippen molar-refractivity contribution >= 4 is 11.8 Å². The van der Waals surface area contributed by atoms with Crippen molar-refractivity contribution in [1.82, 2.24) is 9.80 Å². The molecule has 7 heteroatoms. The molecule has 1 aliphatic heterocycles. The highest BCUT2D eigenvalue weighted by Gasteiger charge is 2.55. The molecular formula is C22H25F3N2O2. The van der Waals surface area contributed by atoms with Gasteiger partial charge in [0.25, 0.3) is 5.91 Å². The molecule has 0 atom stereocenters. The van der Waals surface area contributed by atoms with Gasteiger partial charge in [0.1, 0.15) is 0 Å². The summed E-state index contributed by atoms with van der Waals surface area (Å²) in [5.41, 5.74) is -0.683. The number of rotatable bonds is 2. The van der Waals surface area contributed by atoms with E-state index in [0.29, 0.717) is 30.8 Å². The molecule has 5 aliphatic rings. The summed E-state index contributed by atoms with van der Waals surface area (Å²) in [5.74, 6) is -2.79. The monoisotopic (exact) mass is 406 g/mol. The number of hydrogen-bond donors (Lipinski definition) is 0. The van der Waals surface area contributed by atoms with Crippen LogP contribution >= 0.6 is 0 Å². The van der Waals surface area contributed by atoms with Gasteiger partial charge in [-0.05, 0) is 68.4 Å². The topological polar surface area (TPSA) is 40.6 Å². The maximum Gasteiger partial charge on any atom is 0.257 e. The van der Waals surface area contributed by atoms with Gasteiger partial charge < -0.3 is 9.80 Å². The molecule has 1 heterocycles. The van der Waals surface area contributed by atoms with E-state index in [2.05, 4.69) is 0 Å². The van der Waals surface area contributed by atoms with Crippen LogP contribution in [0.15, 0.2) is 12.1 Å². The zero-order valence-electron chi connectivity index (χ0n) is 16.3. The van der Waals surface area contributed by atoms with Gasteiger partial charge in [0.2, 0.25) is 5.91 Å². The number of benzene rings is 1. The molecule has 29 heavy (non-hydrogen) atoms. The van der Waals surface area contributed by atoms with Gasteiger partial charge in [0.05, 0.1) is 11.0 Å². The molecule has 4 saturated carbocycles. The van der Waals surface area contributed by atoms with Crippen LogP contribution < -0.4 is 0 Å². The lowest BCUT2D eigenvalue weighted by Crippen LogP contribution is -2.58. The predicted molar refractivity (Wildman–Crippen MR) is 99.4 cm³/mol. The fraction of sp³-hybridized carbons (Fsp3) is 0.636. The van der Waals surface area contributed by atoms with Crippen molar-refractivity contribution in [2.45, 2.75) is 38.5 Å². The predicted octanol–water partition coefficient (Wildman–Crippen LogP) is 3.60. The quantitative estimate of drug-likeness (QED) is 0.704. The Morgan fingerprint density at radius 3 is 1.86 bits per heavy atom. The Hall–Kier alpha value is -2.05. The van der Waals surface area contributed by atoms with Crippen molar-refractivity contribution in [3.8, 4) is 0 Å². The van der Waals surface area contributed by atoms with Crippen molar-refractivity contribution in [3.63, 3.8) is 0 Å². The van der Waals surface area contributed by atoms with E-state index in [1.807, 2.05) is 4.90 Å². The van der Waals surface area contributed by atoms with Gasteiger partial charge in [0, 0.05) is 26.2 Å². The van der Waals surface area contributed by atoms with Crippen LogP contribution in [0.1, 0.15) is 48.9 Å². The summed E-state index contributed by atoms with van der Waals surface area (Å²) in [7, 11) is 0. The highest BCUT2D eigenvalue weighted by Crippen LogP contribution is 2.60. The molecular weight excluding hydrogens is 381 g/mol. The maximum absolute atomic E-state index is 14.0. The normalized spacial score (nSPS) is 33.3. The lowest BCUT2D eigenvalue weighted by Gasteiger charge is -2.57. The average Bonchev–Trinajstić information content (AvgIpc) is 2.70. The minimum absolute atomic E-state index is 0.215. The minimum atomic E-state index is -1.63. The van der Waals surface area contributed by atoms with E-state index in [0.717, 1.165) is 31.4 Å². The van der Waals surface area contributed by atoms with Crippen molar-refractivity contribution in [2.75, 3.05) is 26.2 Å². The Bertz CT molecular complexity index is 829. The van der Waals surface area contributed by atoms with Crippen LogP contribution in [-0.4, -0.2) is 47.8 Å². The van der Waals surface area contributed by atoms with Gasteiger partial charge in [-0.3, -0.25) is 9.59 Å². The number of nitrogens with zero attached hydrogens (tertiary/aromatic N) is 2. The highest BCUT2D eigenvalue weighted by atomic mass is 19.2. The second-order valence-electron chi connectivity index (χ2n) is 9.51. The lowest BCUT2D eigenvalue weighted by atomic mass is 9.49. The van der Waals surface area contributed by atoms with Crippen LogP contribution in [0.25, 0.3) is 0 Å². The molecule has 0 unspecified atom stereocenters. The van der Waals surface area contributed by atoms with Gasteiger partial charge >= 0.3 is 0 Å². The van der Waals surface area contributed by atoms with Crippen molar-refractivity contribution in [1.29, 1.82) is 0 Å². The third-order valence-corrected chi connectivity index (χ3v) is 7.61. The number of carbonyl (C=O) groups is 2. The fourth-order valence-corrected chi connectivity index (χ4v) is 6.68. The molecule has 6 rings (SSSR count). The number of carbonyl (C=O) groups excluding carboxylic acids is 2. The van der Waals surface area contributed by atoms with Gasteiger partial charge in [-0.2, -0.15) is 0 Å². The number of piperazine rings is 1. The smallest absolute Gasteiger partial charge is 0.257 e. The van der Waals surface area contributed by atoms with Crippen molar-refractivity contribution in [3.05, 3.63) is 35.1 Å². The third kappa shape index (κ3) is 3.04. The Kier molecular flexibility index (Phi) is 4.40. The van der Waals surface area contributed by atoms with E-state index < -0.39 is 28.9 Å².